The average molecular weight is 224 g/mol. The maximum absolute atomic E-state index is 5.99. The van der Waals surface area contributed by atoms with Crippen LogP contribution >= 0.6 is 11.6 Å². The summed E-state index contributed by atoms with van der Waals surface area (Å²) in [6, 6.07) is 0. The predicted octanol–water partition coefficient (Wildman–Crippen LogP) is 1.46. The molecule has 0 fully saturated rings. The Morgan fingerprint density at radius 1 is 1.47 bits per heavy atom. The number of hydrogen-bond acceptors (Lipinski definition) is 4. The molecule has 5 nitrogen and oxygen atoms in total. The molecular weight excluding hydrogens is 214 g/mol. The average Bonchev–Trinajstić information content (AvgIpc) is 2.69. The SMILES string of the molecule is CCc1nccn1-c1nc(N)ncc1Cl. The molecule has 0 radical (unpaired) electrons. The first-order chi connectivity index (χ1) is 7.22. The summed E-state index contributed by atoms with van der Waals surface area (Å²) in [5.41, 5.74) is 5.51. The van der Waals surface area contributed by atoms with Crippen molar-refractivity contribution < 1.29 is 0 Å². The van der Waals surface area contributed by atoms with Crippen molar-refractivity contribution in [1.82, 2.24) is 19.5 Å². The zero-order valence-corrected chi connectivity index (χ0v) is 8.94. The third-order valence-corrected chi connectivity index (χ3v) is 2.27. The molecule has 15 heavy (non-hydrogen) atoms. The maximum Gasteiger partial charge on any atom is 0.222 e. The number of rotatable bonds is 2. The van der Waals surface area contributed by atoms with E-state index in [-0.39, 0.29) is 5.95 Å². The van der Waals surface area contributed by atoms with Gasteiger partial charge in [-0.15, -0.1) is 0 Å². The van der Waals surface area contributed by atoms with Crippen molar-refractivity contribution in [1.29, 1.82) is 0 Å². The van der Waals surface area contributed by atoms with Gasteiger partial charge >= 0.3 is 0 Å². The first-order valence-corrected chi connectivity index (χ1v) is 4.90. The summed E-state index contributed by atoms with van der Waals surface area (Å²) in [7, 11) is 0. The summed E-state index contributed by atoms with van der Waals surface area (Å²) in [5.74, 6) is 1.65. The molecule has 2 heterocycles. The predicted molar refractivity (Wildman–Crippen MR) is 58.0 cm³/mol. The molecule has 2 N–H and O–H groups in total. The van der Waals surface area contributed by atoms with Gasteiger partial charge in [-0.2, -0.15) is 4.98 Å². The molecule has 0 aliphatic carbocycles. The highest BCUT2D eigenvalue weighted by atomic mass is 35.5. The van der Waals surface area contributed by atoms with E-state index >= 15 is 0 Å². The lowest BCUT2D eigenvalue weighted by Gasteiger charge is -2.07. The zero-order valence-electron chi connectivity index (χ0n) is 8.18. The minimum Gasteiger partial charge on any atom is -0.368 e. The van der Waals surface area contributed by atoms with Crippen molar-refractivity contribution in [3.05, 3.63) is 29.4 Å². The van der Waals surface area contributed by atoms with Crippen molar-refractivity contribution in [2.75, 3.05) is 5.73 Å². The normalized spacial score (nSPS) is 10.5. The number of nitrogens with two attached hydrogens (primary N) is 1. The molecular formula is C9H10ClN5. The molecule has 0 saturated carbocycles. The molecule has 0 saturated heterocycles. The van der Waals surface area contributed by atoms with Crippen LogP contribution in [-0.4, -0.2) is 19.5 Å². The molecule has 2 rings (SSSR count). The first-order valence-electron chi connectivity index (χ1n) is 4.53. The fourth-order valence-electron chi connectivity index (χ4n) is 1.33. The van der Waals surface area contributed by atoms with E-state index < -0.39 is 0 Å². The summed E-state index contributed by atoms with van der Waals surface area (Å²) in [6.45, 7) is 2.01. The molecule has 0 unspecified atom stereocenters. The van der Waals surface area contributed by atoms with Crippen molar-refractivity contribution in [2.45, 2.75) is 13.3 Å². The highest BCUT2D eigenvalue weighted by Gasteiger charge is 2.09. The van der Waals surface area contributed by atoms with Crippen LogP contribution < -0.4 is 5.73 Å². The zero-order chi connectivity index (χ0) is 10.8. The summed E-state index contributed by atoms with van der Waals surface area (Å²) in [5, 5.41) is 0.455. The lowest BCUT2D eigenvalue weighted by Crippen LogP contribution is -2.05. The van der Waals surface area contributed by atoms with Crippen LogP contribution in [0.25, 0.3) is 5.82 Å². The molecule has 0 aliphatic heterocycles. The smallest absolute Gasteiger partial charge is 0.222 e. The monoisotopic (exact) mass is 223 g/mol. The molecule has 0 aliphatic rings. The third kappa shape index (κ3) is 1.78. The van der Waals surface area contributed by atoms with Crippen LogP contribution in [0.5, 0.6) is 0 Å². The summed E-state index contributed by atoms with van der Waals surface area (Å²) >= 11 is 5.99. The fraction of sp³-hybridized carbons (Fsp3) is 0.222. The first kappa shape index (κ1) is 9.92. The van der Waals surface area contributed by atoms with Crippen LogP contribution in [0, 0.1) is 0 Å². The number of aryl methyl sites for hydroxylation is 1. The molecule has 0 aromatic carbocycles. The second kappa shape index (κ2) is 3.86. The van der Waals surface area contributed by atoms with Gasteiger partial charge in [0.15, 0.2) is 5.82 Å². The molecule has 6 heteroatoms. The standard InChI is InChI=1S/C9H10ClN5/c1-2-7-12-3-4-15(7)8-6(10)5-13-9(11)14-8/h3-5H,2H2,1H3,(H2,11,13,14). The highest BCUT2D eigenvalue weighted by Crippen LogP contribution is 2.19. The van der Waals surface area contributed by atoms with Gasteiger partial charge in [0.25, 0.3) is 0 Å². The molecule has 2 aromatic heterocycles. The summed E-state index contributed by atoms with van der Waals surface area (Å²) < 4.78 is 1.81. The van der Waals surface area contributed by atoms with Gasteiger partial charge in [-0.25, -0.2) is 9.97 Å². The van der Waals surface area contributed by atoms with Gasteiger partial charge in [-0.1, -0.05) is 18.5 Å². The molecule has 0 bridgehead atoms. The van der Waals surface area contributed by atoms with Crippen molar-refractivity contribution in [3.63, 3.8) is 0 Å². The Labute approximate surface area is 91.9 Å². The van der Waals surface area contributed by atoms with Gasteiger partial charge in [0.2, 0.25) is 5.95 Å². The van der Waals surface area contributed by atoms with Gasteiger partial charge in [-0.05, 0) is 0 Å². The molecule has 78 valence electrons. The van der Waals surface area contributed by atoms with Gasteiger partial charge in [-0.3, -0.25) is 4.57 Å². The van der Waals surface area contributed by atoms with E-state index in [4.69, 9.17) is 17.3 Å². The van der Waals surface area contributed by atoms with Crippen molar-refractivity contribution >= 4 is 17.5 Å². The maximum atomic E-state index is 5.99. The Hall–Kier alpha value is -1.62. The second-order valence-corrected chi connectivity index (χ2v) is 3.37. The number of aromatic nitrogens is 4. The Bertz CT molecular complexity index is 479. The molecule has 2 aromatic rings. The van der Waals surface area contributed by atoms with E-state index in [0.29, 0.717) is 10.8 Å². The van der Waals surface area contributed by atoms with E-state index in [1.54, 1.807) is 17.0 Å². The van der Waals surface area contributed by atoms with E-state index in [9.17, 15) is 0 Å². The fourth-order valence-corrected chi connectivity index (χ4v) is 1.51. The van der Waals surface area contributed by atoms with Crippen LogP contribution in [0.15, 0.2) is 18.6 Å². The Balaban J connectivity index is 2.58. The van der Waals surface area contributed by atoms with Crippen molar-refractivity contribution in [2.24, 2.45) is 0 Å². The third-order valence-electron chi connectivity index (χ3n) is 2.01. The number of halogens is 1. The topological polar surface area (TPSA) is 69.6 Å². The van der Waals surface area contributed by atoms with E-state index in [0.717, 1.165) is 12.2 Å². The van der Waals surface area contributed by atoms with E-state index in [2.05, 4.69) is 15.0 Å². The Morgan fingerprint density at radius 2 is 2.27 bits per heavy atom. The van der Waals surface area contributed by atoms with Gasteiger partial charge in [0, 0.05) is 18.8 Å². The summed E-state index contributed by atoms with van der Waals surface area (Å²) in [6.07, 6.45) is 5.78. The molecule has 0 amide bonds. The lowest BCUT2D eigenvalue weighted by molar-refractivity contribution is 0.864. The highest BCUT2D eigenvalue weighted by molar-refractivity contribution is 6.32. The van der Waals surface area contributed by atoms with Crippen molar-refractivity contribution in [3.8, 4) is 5.82 Å². The number of nitrogens with zero attached hydrogens (tertiary/aromatic N) is 4. The number of anilines is 1. The van der Waals surface area contributed by atoms with Gasteiger partial charge in [0.1, 0.15) is 10.8 Å². The minimum absolute atomic E-state index is 0.199. The van der Waals surface area contributed by atoms with E-state index in [1.165, 1.54) is 6.20 Å². The Kier molecular flexibility index (Phi) is 2.55. The Morgan fingerprint density at radius 3 is 3.00 bits per heavy atom. The molecule has 0 spiro atoms. The van der Waals surface area contributed by atoms with Crippen LogP contribution in [0.2, 0.25) is 5.02 Å². The largest absolute Gasteiger partial charge is 0.368 e. The van der Waals surface area contributed by atoms with Crippen LogP contribution in [0.4, 0.5) is 5.95 Å². The minimum atomic E-state index is 0.199. The van der Waals surface area contributed by atoms with Crippen LogP contribution in [0.1, 0.15) is 12.7 Å². The molecule has 0 atom stereocenters. The van der Waals surface area contributed by atoms with E-state index in [1.807, 2.05) is 6.92 Å². The van der Waals surface area contributed by atoms with Crippen LogP contribution in [-0.2, 0) is 6.42 Å². The van der Waals surface area contributed by atoms with Crippen LogP contribution in [0.3, 0.4) is 0 Å². The lowest BCUT2D eigenvalue weighted by atomic mass is 10.4. The number of nitrogen functional groups attached to an aromatic ring is 1. The number of hydrogen-bond donors (Lipinski definition) is 1. The number of imidazole rings is 1. The second-order valence-electron chi connectivity index (χ2n) is 2.97. The van der Waals surface area contributed by atoms with Gasteiger partial charge in [0.05, 0.1) is 6.20 Å². The van der Waals surface area contributed by atoms with Gasteiger partial charge < -0.3 is 5.73 Å². The quantitative estimate of drug-likeness (QED) is 0.837. The summed E-state index contributed by atoms with van der Waals surface area (Å²) in [4.78, 5) is 12.1.